The maximum atomic E-state index is 15.5. The topological polar surface area (TPSA) is 622 Å². The Kier molecular flexibility index (Phi) is 41.2. The summed E-state index contributed by atoms with van der Waals surface area (Å²) in [6.45, 7) is 14.8. The molecule has 14 atom stereocenters. The number of nitrogens with two attached hydrogens (primary N) is 3. The number of phenolic OH excluding ortho intramolecular Hbond substituents is 1. The van der Waals surface area contributed by atoms with Gasteiger partial charge in [-0.3, -0.25) is 91.1 Å². The van der Waals surface area contributed by atoms with Gasteiger partial charge in [-0.1, -0.05) is 171 Å². The number of nitrogens with one attached hydrogen (secondary N) is 14. The molecule has 1 aromatic heterocycles. The Hall–Kier alpha value is -14.3. The molecule has 0 aliphatic carbocycles. The van der Waals surface area contributed by atoms with Gasteiger partial charge in [-0.15, -0.1) is 11.8 Å². The van der Waals surface area contributed by atoms with Crippen molar-refractivity contribution in [1.29, 1.82) is 0 Å². The number of primary amides is 3. The molecule has 6 aromatic rings. The number of thioether (sulfide) groups is 1. The average molecular weight is 1890 g/mol. The number of amides is 18. The van der Waals surface area contributed by atoms with E-state index in [1.807, 2.05) is 30.3 Å². The van der Waals surface area contributed by atoms with Crippen LogP contribution < -0.4 is 86.3 Å². The molecule has 0 bridgehead atoms. The second kappa shape index (κ2) is 51.7. The quantitative estimate of drug-likeness (QED) is 0.0349. The standard InChI is InChI=1S/C94H125N19O21S/c1-49(2)37-65-83(123)106-69(40-56-27-31-59(32-28-56)58-23-17-14-18-24-58)90(130)111-80(52(7)8)94(134)113(12)54(10)93(133)112(11)46-76(117)100-71(43-75(96)116)87(127)104-66(38-50(3)4)89(129)110-79(51(5)6)92(132)102-64(35-36-74(95)115)82(122)109-73(91(131)99-53(9)81(97)121)47-135-48-77(118)101-67(39-55-21-15-13-16-22-55)84(124)105-68(41-57-29-33-61(114)34-30-57)85(125)108-72(44-78(119)120)88(128)107-70(86(126)103-65)42-60-45-98-63-26-20-19-25-62(60)63/h13-34,45,49-54,64-73,79-80,98,114H,35-44,46-48H2,1-12H3,(H2,95,115)(H2,96,116)(H2,97,121)(H,99,131)(H,100,117)(H,101,118)(H,102,132)(H,103,126)(H,104,127)(H,105,124)(H,106,123)(H,107,128)(H,108,125)(H,109,122)(H,110,129)(H,111,130)(H,119,120)/t53-,54-,64-,65-,66-,67-,68-,69-,70-,71-,72-,73-,79-,80-/m0/s1. The number of rotatable bonds is 25. The van der Waals surface area contributed by atoms with Crippen LogP contribution in [0, 0.1) is 23.7 Å². The first-order valence-electron chi connectivity index (χ1n) is 44.4. The van der Waals surface area contributed by atoms with Gasteiger partial charge >= 0.3 is 5.97 Å². The van der Waals surface area contributed by atoms with Crippen LogP contribution in [0.15, 0.2) is 140 Å². The zero-order valence-electron chi connectivity index (χ0n) is 77.5. The lowest BCUT2D eigenvalue weighted by atomic mass is 9.97. The van der Waals surface area contributed by atoms with E-state index in [4.69, 9.17) is 17.2 Å². The Morgan fingerprint density at radius 2 is 0.867 bits per heavy atom. The van der Waals surface area contributed by atoms with Crippen molar-refractivity contribution in [2.75, 3.05) is 32.1 Å². The molecule has 5 aromatic carbocycles. The molecule has 22 N–H and O–H groups in total. The van der Waals surface area contributed by atoms with E-state index >= 15 is 28.8 Å². The number of para-hydroxylation sites is 1. The Balaban J connectivity index is 1.32. The fraction of sp³-hybridized carbons (Fsp3) is 0.457. The number of hydrogen-bond donors (Lipinski definition) is 19. The summed E-state index contributed by atoms with van der Waals surface area (Å²) in [6, 6.07) is 14.0. The molecular weight excluding hydrogens is 1760 g/mol. The molecule has 0 radical (unpaired) electrons. The van der Waals surface area contributed by atoms with Crippen LogP contribution in [-0.4, -0.2) is 254 Å². The summed E-state index contributed by atoms with van der Waals surface area (Å²) in [5, 5.41) is 55.0. The number of hydrogen-bond acceptors (Lipinski definition) is 21. The third kappa shape index (κ3) is 34.1. The number of carbonyl (C=O) groups excluding carboxylic acids is 18. The molecule has 728 valence electrons. The number of aromatic amines is 1. The third-order valence-electron chi connectivity index (χ3n) is 22.3. The van der Waals surface area contributed by atoms with Crippen molar-refractivity contribution in [2.24, 2.45) is 40.9 Å². The molecule has 41 heteroatoms. The average Bonchev–Trinajstić information content (AvgIpc) is 1.66. The normalized spacial score (nSPS) is 22.9. The molecule has 2 heterocycles. The molecule has 0 spiro atoms. The predicted molar refractivity (Wildman–Crippen MR) is 500 cm³/mol. The smallest absolute Gasteiger partial charge is 0.305 e. The minimum absolute atomic E-state index is 0.124. The first kappa shape index (κ1) is 108. The lowest BCUT2D eigenvalue weighted by Gasteiger charge is -2.33. The van der Waals surface area contributed by atoms with Gasteiger partial charge in [0, 0.05) is 69.1 Å². The minimum atomic E-state index is -2.07. The van der Waals surface area contributed by atoms with Crippen molar-refractivity contribution in [3.05, 3.63) is 162 Å². The van der Waals surface area contributed by atoms with E-state index in [0.717, 1.165) is 20.9 Å². The van der Waals surface area contributed by atoms with Gasteiger partial charge < -0.3 is 111 Å². The number of aliphatic carboxylic acids is 1. The number of benzene rings is 5. The summed E-state index contributed by atoms with van der Waals surface area (Å²) in [4.78, 5) is 277. The molecule has 135 heavy (non-hydrogen) atoms. The number of nitrogens with zero attached hydrogens (tertiary/aromatic N) is 2. The number of aromatic nitrogens is 1. The molecule has 40 nitrogen and oxygen atoms in total. The number of aromatic hydroxyl groups is 1. The Bertz CT molecular complexity index is 5210. The van der Waals surface area contributed by atoms with E-state index in [9.17, 15) is 72.5 Å². The van der Waals surface area contributed by atoms with Gasteiger partial charge in [0.1, 0.15) is 90.3 Å². The highest BCUT2D eigenvalue weighted by atomic mass is 32.2. The van der Waals surface area contributed by atoms with Crippen LogP contribution in [0.3, 0.4) is 0 Å². The zero-order chi connectivity index (χ0) is 99.8. The number of carboxylic acid groups (broad SMARTS) is 1. The zero-order valence-corrected chi connectivity index (χ0v) is 78.4. The molecule has 1 saturated heterocycles. The van der Waals surface area contributed by atoms with E-state index < -0.39 is 271 Å². The lowest BCUT2D eigenvalue weighted by molar-refractivity contribution is -0.147. The van der Waals surface area contributed by atoms with Crippen molar-refractivity contribution in [1.82, 2.24) is 83.9 Å². The van der Waals surface area contributed by atoms with E-state index in [-0.39, 0.29) is 43.4 Å². The van der Waals surface area contributed by atoms with Gasteiger partial charge in [-0.25, -0.2) is 0 Å². The highest BCUT2D eigenvalue weighted by Crippen LogP contribution is 2.24. The van der Waals surface area contributed by atoms with Crippen LogP contribution >= 0.6 is 11.8 Å². The summed E-state index contributed by atoms with van der Waals surface area (Å²) in [7, 11) is 2.47. The van der Waals surface area contributed by atoms with Crippen molar-refractivity contribution in [3.8, 4) is 16.9 Å². The van der Waals surface area contributed by atoms with Gasteiger partial charge in [0.05, 0.1) is 25.1 Å². The van der Waals surface area contributed by atoms with Crippen LogP contribution in [0.25, 0.3) is 22.0 Å². The van der Waals surface area contributed by atoms with Crippen LogP contribution in [0.2, 0.25) is 0 Å². The van der Waals surface area contributed by atoms with Crippen molar-refractivity contribution >= 4 is 135 Å². The molecular formula is C94H125N19O21S. The van der Waals surface area contributed by atoms with Crippen LogP contribution in [0.4, 0.5) is 0 Å². The van der Waals surface area contributed by atoms with E-state index in [2.05, 4.69) is 74.1 Å². The van der Waals surface area contributed by atoms with E-state index in [1.165, 1.54) is 66.1 Å². The van der Waals surface area contributed by atoms with Gasteiger partial charge in [-0.2, -0.15) is 0 Å². The fourth-order valence-electron chi connectivity index (χ4n) is 14.8. The lowest BCUT2D eigenvalue weighted by Crippen LogP contribution is -2.61. The SMILES string of the molecule is CC(C)C[C@@H]1NC(=O)[C@H](Cc2c[nH]c3ccccc23)NC(=O)[C@H](CC(=O)O)NC(=O)[C@H](Cc2ccc(O)cc2)NC(=O)[C@H](Cc2ccccc2)NC(=O)CSC[C@@H](C(=O)N[C@@H](C)C(N)=O)NC(=O)[C@H](CCC(N)=O)NC(=O)[C@H](C(C)C)NC(=O)[C@H](CC(C)C)NC(=O)[C@H](CC(N)=O)NC(=O)CN(C)C(=O)[C@H](C)N(C)C(=O)[C@H](C(C)C)NC(=O)[C@H](Cc2ccc(-c3ccccc3)cc2)NC1=O. The summed E-state index contributed by atoms with van der Waals surface area (Å²) in [5.41, 5.74) is 20.6. The first-order chi connectivity index (χ1) is 63.7. The van der Waals surface area contributed by atoms with Crippen molar-refractivity contribution in [2.45, 2.75) is 218 Å². The number of carboxylic acids is 1. The molecule has 18 amide bonds. The molecule has 0 saturated carbocycles. The predicted octanol–water partition coefficient (Wildman–Crippen LogP) is -0.309. The van der Waals surface area contributed by atoms with E-state index in [1.54, 1.807) is 127 Å². The molecule has 0 unspecified atom stereocenters. The van der Waals surface area contributed by atoms with Crippen molar-refractivity contribution in [3.63, 3.8) is 0 Å². The maximum absolute atomic E-state index is 15.5. The largest absolute Gasteiger partial charge is 0.508 e. The van der Waals surface area contributed by atoms with Crippen molar-refractivity contribution < 1.29 is 101 Å². The second-order valence-electron chi connectivity index (χ2n) is 35.1. The highest BCUT2D eigenvalue weighted by Gasteiger charge is 2.41. The number of likely N-dealkylation sites (N-methyl/N-ethyl adjacent to an activating group) is 2. The molecule has 7 rings (SSSR count). The highest BCUT2D eigenvalue weighted by molar-refractivity contribution is 8.00. The number of H-pyrrole nitrogens is 1. The Labute approximate surface area is 786 Å². The van der Waals surface area contributed by atoms with Gasteiger partial charge in [-0.05, 0) is 108 Å². The van der Waals surface area contributed by atoms with Crippen LogP contribution in [0.5, 0.6) is 5.75 Å². The summed E-state index contributed by atoms with van der Waals surface area (Å²) in [5.74, 6) is -23.7. The van der Waals surface area contributed by atoms with Gasteiger partial charge in [0.25, 0.3) is 0 Å². The number of fused-ring (bicyclic) bond motifs is 1. The maximum Gasteiger partial charge on any atom is 0.305 e. The van der Waals surface area contributed by atoms with Gasteiger partial charge in [0.2, 0.25) is 106 Å². The third-order valence-corrected chi connectivity index (χ3v) is 23.4. The summed E-state index contributed by atoms with van der Waals surface area (Å²) < 4.78 is 0. The van der Waals surface area contributed by atoms with E-state index in [0.29, 0.717) is 39.4 Å². The molecule has 1 aliphatic heterocycles. The number of phenols is 1. The Morgan fingerprint density at radius 3 is 1.39 bits per heavy atom. The molecule has 1 fully saturated rings. The van der Waals surface area contributed by atoms with Crippen LogP contribution in [0.1, 0.15) is 130 Å². The first-order valence-corrected chi connectivity index (χ1v) is 45.5. The second-order valence-corrected chi connectivity index (χ2v) is 36.1. The van der Waals surface area contributed by atoms with Gasteiger partial charge in [0.15, 0.2) is 0 Å². The number of carbonyl (C=O) groups is 19. The van der Waals surface area contributed by atoms with Crippen LogP contribution in [-0.2, 0) is 117 Å². The summed E-state index contributed by atoms with van der Waals surface area (Å²) >= 11 is 0.701. The Morgan fingerprint density at radius 1 is 0.444 bits per heavy atom. The molecule has 1 aliphatic rings. The monoisotopic (exact) mass is 1890 g/mol. The minimum Gasteiger partial charge on any atom is -0.508 e. The summed E-state index contributed by atoms with van der Waals surface area (Å²) in [6.07, 6.45) is -3.11. The fourth-order valence-corrected chi connectivity index (χ4v) is 15.6.